The maximum absolute atomic E-state index is 16.1. The lowest BCUT2D eigenvalue weighted by Crippen LogP contribution is -2.14. The van der Waals surface area contributed by atoms with Crippen LogP contribution in [0, 0.1) is 11.6 Å². The quantitative estimate of drug-likeness (QED) is 0.101. The smallest absolute Gasteiger partial charge is 0.195 e. The predicted octanol–water partition coefficient (Wildman–Crippen LogP) is 8.22. The Morgan fingerprint density at radius 1 is 1.02 bits per heavy atom. The van der Waals surface area contributed by atoms with E-state index in [1.54, 1.807) is 54.7 Å². The molecule has 3 aromatic carbocycles. The highest BCUT2D eigenvalue weighted by Gasteiger charge is 2.35. The molecule has 1 aliphatic carbocycles. The van der Waals surface area contributed by atoms with Gasteiger partial charge in [-0.05, 0) is 50.4 Å². The summed E-state index contributed by atoms with van der Waals surface area (Å²) in [6.45, 7) is 1.42. The number of nitrogens with zero attached hydrogens (tertiary/aromatic N) is 3. The molecule has 1 unspecified atom stereocenters. The molecular weight excluding hydrogens is 602 g/mol. The molecule has 2 heterocycles. The number of hydrogen-bond acceptors (Lipinski definition) is 5. The normalized spacial score (nSPS) is 13.9. The second-order valence-electron chi connectivity index (χ2n) is 11.1. The minimum absolute atomic E-state index is 0.00170. The maximum Gasteiger partial charge on any atom is 0.195 e. The number of halogens is 3. The number of aryl methyl sites for hydroxylation is 1. The summed E-state index contributed by atoms with van der Waals surface area (Å²) in [6, 6.07) is 16.2. The highest BCUT2D eigenvalue weighted by Crippen LogP contribution is 2.52. The molecule has 0 amide bonds. The zero-order valence-corrected chi connectivity index (χ0v) is 25.6. The second-order valence-corrected chi connectivity index (χ2v) is 12.6. The van der Waals surface area contributed by atoms with Crippen molar-refractivity contribution in [2.75, 3.05) is 6.54 Å². The summed E-state index contributed by atoms with van der Waals surface area (Å²) in [7, 11) is 0. The van der Waals surface area contributed by atoms with E-state index in [0.717, 1.165) is 50.8 Å². The van der Waals surface area contributed by atoms with Crippen LogP contribution in [0.2, 0.25) is 5.02 Å². The van der Waals surface area contributed by atoms with Crippen molar-refractivity contribution in [3.05, 3.63) is 107 Å². The van der Waals surface area contributed by atoms with E-state index in [1.807, 2.05) is 15.4 Å². The fourth-order valence-corrected chi connectivity index (χ4v) is 6.96. The van der Waals surface area contributed by atoms with Crippen molar-refractivity contribution in [1.29, 1.82) is 0 Å². The van der Waals surface area contributed by atoms with Crippen LogP contribution >= 0.6 is 23.4 Å². The van der Waals surface area contributed by atoms with Gasteiger partial charge in [0.25, 0.3) is 0 Å². The molecule has 6 nitrogen and oxygen atoms in total. The van der Waals surface area contributed by atoms with Gasteiger partial charge in [0.05, 0.1) is 22.4 Å². The lowest BCUT2D eigenvalue weighted by Gasteiger charge is -2.14. The molecule has 6 rings (SSSR count). The van der Waals surface area contributed by atoms with Crippen LogP contribution in [0.4, 0.5) is 8.78 Å². The zero-order valence-electron chi connectivity index (χ0n) is 24.1. The highest BCUT2D eigenvalue weighted by molar-refractivity contribution is 7.99. The Balaban J connectivity index is 1.39. The van der Waals surface area contributed by atoms with E-state index in [-0.39, 0.29) is 21.4 Å². The number of nitrogens with two attached hydrogens (primary N) is 1. The summed E-state index contributed by atoms with van der Waals surface area (Å²) >= 11 is 7.47. The van der Waals surface area contributed by atoms with Gasteiger partial charge in [0, 0.05) is 50.7 Å². The fraction of sp³-hybridized carbons (Fsp3) is 0.294. The zero-order chi connectivity index (χ0) is 30.8. The lowest BCUT2D eigenvalue weighted by molar-refractivity contribution is 0.0739. The molecule has 44 heavy (non-hydrogen) atoms. The van der Waals surface area contributed by atoms with Crippen molar-refractivity contribution in [2.45, 2.75) is 66.9 Å². The van der Waals surface area contributed by atoms with E-state index in [0.29, 0.717) is 33.6 Å². The summed E-state index contributed by atoms with van der Waals surface area (Å²) < 4.78 is 35.6. The van der Waals surface area contributed by atoms with Crippen LogP contribution in [0.1, 0.15) is 72.2 Å². The van der Waals surface area contributed by atoms with Crippen molar-refractivity contribution in [3.8, 4) is 5.69 Å². The number of hydrogen-bond donors (Lipinski definition) is 2. The molecule has 5 aromatic rings. The van der Waals surface area contributed by atoms with E-state index < -0.39 is 23.5 Å². The summed E-state index contributed by atoms with van der Waals surface area (Å²) in [5.41, 5.74) is 7.70. The number of carbonyl (C=O) groups excluding carboxylic acids is 1. The Morgan fingerprint density at radius 2 is 1.80 bits per heavy atom. The summed E-state index contributed by atoms with van der Waals surface area (Å²) in [5.74, 6) is -1.67. The molecule has 228 valence electrons. The van der Waals surface area contributed by atoms with Gasteiger partial charge < -0.3 is 15.4 Å². The summed E-state index contributed by atoms with van der Waals surface area (Å²) in [6.07, 6.45) is 7.88. The van der Waals surface area contributed by atoms with Gasteiger partial charge in [-0.3, -0.25) is 9.48 Å². The van der Waals surface area contributed by atoms with Crippen molar-refractivity contribution in [2.24, 2.45) is 5.73 Å². The van der Waals surface area contributed by atoms with E-state index in [9.17, 15) is 9.90 Å². The van der Waals surface area contributed by atoms with Crippen LogP contribution in [0.3, 0.4) is 0 Å². The first kappa shape index (κ1) is 30.5. The Kier molecular flexibility index (Phi) is 9.18. The molecule has 10 heteroatoms. The minimum atomic E-state index is -1.67. The number of rotatable bonds is 13. The van der Waals surface area contributed by atoms with Gasteiger partial charge in [-0.1, -0.05) is 78.7 Å². The Hall–Kier alpha value is -3.50. The largest absolute Gasteiger partial charge is 0.380 e. The van der Waals surface area contributed by atoms with Gasteiger partial charge >= 0.3 is 0 Å². The van der Waals surface area contributed by atoms with E-state index in [1.165, 1.54) is 23.9 Å². The number of aromatic nitrogens is 3. The highest BCUT2D eigenvalue weighted by atomic mass is 35.5. The molecule has 1 aliphatic rings. The molecule has 0 spiro atoms. The minimum Gasteiger partial charge on any atom is -0.380 e. The average Bonchev–Trinajstić information content (AvgIpc) is 3.68. The average molecular weight is 635 g/mol. The molecule has 1 fully saturated rings. The molecule has 0 radical (unpaired) electrons. The van der Waals surface area contributed by atoms with E-state index >= 15 is 8.78 Å². The van der Waals surface area contributed by atoms with Gasteiger partial charge in [0.2, 0.25) is 0 Å². The first-order valence-electron chi connectivity index (χ1n) is 14.9. The predicted molar refractivity (Wildman–Crippen MR) is 170 cm³/mol. The maximum atomic E-state index is 16.1. The molecule has 1 atom stereocenters. The topological polar surface area (TPSA) is 86.1 Å². The van der Waals surface area contributed by atoms with Crippen LogP contribution in [-0.4, -0.2) is 31.8 Å². The third kappa shape index (κ3) is 6.06. The van der Waals surface area contributed by atoms with Gasteiger partial charge in [-0.2, -0.15) is 5.10 Å². The molecule has 0 bridgehead atoms. The van der Waals surface area contributed by atoms with Crippen LogP contribution in [0.15, 0.2) is 82.8 Å². The molecule has 2 aromatic heterocycles. The number of benzene rings is 3. The molecule has 1 saturated carbocycles. The van der Waals surface area contributed by atoms with Crippen LogP contribution in [0.25, 0.3) is 16.6 Å². The fourth-order valence-electron chi connectivity index (χ4n) is 5.59. The molecule has 0 aliphatic heterocycles. The van der Waals surface area contributed by atoms with Crippen LogP contribution < -0.4 is 5.73 Å². The van der Waals surface area contributed by atoms with Crippen molar-refractivity contribution >= 4 is 40.0 Å². The third-order valence-electron chi connectivity index (χ3n) is 8.00. The number of Topliss-reactive ketones (excluding diaryl/α,β-unsaturated/α-hetero) is 1. The third-order valence-corrected chi connectivity index (χ3v) is 9.46. The number of aliphatic hydroxyl groups is 1. The number of aliphatic hydroxyl groups excluding tert-OH is 1. The number of unbranched alkanes of at least 4 members (excludes halogenated alkanes) is 3. The van der Waals surface area contributed by atoms with Crippen molar-refractivity contribution < 1.29 is 18.7 Å². The SMILES string of the molecule is NCCCCCCn1cc(-n2c(C3CC3)c(Sc3cccc(C(O)C(=O)c4ccccc4)c3F)c3ccc(Cl)c(F)c32)cn1. The summed E-state index contributed by atoms with van der Waals surface area (Å²) in [5, 5.41) is 16.1. The van der Waals surface area contributed by atoms with E-state index in [4.69, 9.17) is 17.3 Å². The van der Waals surface area contributed by atoms with Gasteiger partial charge in [0.1, 0.15) is 11.9 Å². The van der Waals surface area contributed by atoms with Crippen molar-refractivity contribution in [3.63, 3.8) is 0 Å². The first-order chi connectivity index (χ1) is 21.4. The number of ketones is 1. The van der Waals surface area contributed by atoms with Gasteiger partial charge in [-0.15, -0.1) is 0 Å². The molecule has 0 saturated heterocycles. The van der Waals surface area contributed by atoms with Gasteiger partial charge in [-0.25, -0.2) is 8.78 Å². The summed E-state index contributed by atoms with van der Waals surface area (Å²) in [4.78, 5) is 13.9. The second kappa shape index (κ2) is 13.2. The van der Waals surface area contributed by atoms with Gasteiger partial charge in [0.15, 0.2) is 11.6 Å². The Labute approximate surface area is 263 Å². The first-order valence-corrected chi connectivity index (χ1v) is 16.1. The monoisotopic (exact) mass is 634 g/mol. The standard InChI is InChI=1S/C34H33ClF2N4O2S/c35-26-16-15-25-31(29(26)37)41(23-19-39-40(20-23)18-7-2-1-6-17-38)30(21-13-14-21)34(25)44-27-12-8-11-24(28(27)36)33(43)32(42)22-9-4-3-5-10-22/h3-5,8-12,15-16,19-21,33,43H,1-2,6-7,13-14,17-18,38H2. The lowest BCUT2D eigenvalue weighted by atomic mass is 10.00. The Morgan fingerprint density at radius 3 is 2.55 bits per heavy atom. The molecular formula is C34H33ClF2N4O2S. The number of carbonyl (C=O) groups is 1. The molecule has 3 N–H and O–H groups in total. The van der Waals surface area contributed by atoms with Crippen LogP contribution in [0.5, 0.6) is 0 Å². The van der Waals surface area contributed by atoms with Crippen LogP contribution in [-0.2, 0) is 6.54 Å². The Bertz CT molecular complexity index is 1800. The number of fused-ring (bicyclic) bond motifs is 1. The van der Waals surface area contributed by atoms with E-state index in [2.05, 4.69) is 5.10 Å². The van der Waals surface area contributed by atoms with Crippen molar-refractivity contribution in [1.82, 2.24) is 14.3 Å².